The summed E-state index contributed by atoms with van der Waals surface area (Å²) >= 11 is 0. The Morgan fingerprint density at radius 1 is 0.683 bits per heavy atom. The van der Waals surface area contributed by atoms with Gasteiger partial charge in [-0.15, -0.1) is 0 Å². The molecule has 0 unspecified atom stereocenters. The zero-order valence-electron chi connectivity index (χ0n) is 22.8. The molecule has 4 amide bonds. The molecule has 6 rings (SSSR count). The third-order valence-electron chi connectivity index (χ3n) is 7.77. The minimum absolute atomic E-state index is 0. The van der Waals surface area contributed by atoms with Gasteiger partial charge in [0.15, 0.2) is 0 Å². The van der Waals surface area contributed by atoms with Crippen molar-refractivity contribution in [1.29, 1.82) is 0 Å². The second kappa shape index (κ2) is 10.6. The monoisotopic (exact) mass is 568 g/mol. The van der Waals surface area contributed by atoms with E-state index in [1.807, 2.05) is 34.1 Å². The lowest BCUT2D eigenvalue weighted by Crippen LogP contribution is -2.80. The number of urea groups is 2. The Bertz CT molecular complexity index is 1200. The summed E-state index contributed by atoms with van der Waals surface area (Å²) in [5, 5.41) is 0. The number of hydrogen-bond acceptors (Lipinski definition) is 10. The van der Waals surface area contributed by atoms with E-state index in [2.05, 4.69) is 9.97 Å². The van der Waals surface area contributed by atoms with Crippen LogP contribution in [-0.4, -0.2) is 120 Å². The van der Waals surface area contributed by atoms with E-state index in [4.69, 9.17) is 9.47 Å². The second-order valence-corrected chi connectivity index (χ2v) is 10.00. The summed E-state index contributed by atoms with van der Waals surface area (Å²) in [6.45, 7) is 3.99. The molecule has 4 aliphatic heterocycles. The highest BCUT2D eigenvalue weighted by molar-refractivity contribution is 6.09. The number of carbonyl (C=O) groups is 4. The molecule has 0 aliphatic carbocycles. The first-order chi connectivity index (χ1) is 19.4. The van der Waals surface area contributed by atoms with Crippen LogP contribution in [0.1, 0.15) is 25.0 Å². The predicted octanol–water partition coefficient (Wildman–Crippen LogP) is -0.193. The van der Waals surface area contributed by atoms with Crippen LogP contribution in [0, 0.1) is 0 Å². The summed E-state index contributed by atoms with van der Waals surface area (Å²) in [6, 6.07) is 6.22. The fourth-order valence-electron chi connectivity index (χ4n) is 6.31. The first-order valence-electron chi connectivity index (χ1n) is 13.1. The van der Waals surface area contributed by atoms with Gasteiger partial charge in [0.05, 0.1) is 39.9 Å². The third-order valence-corrected chi connectivity index (χ3v) is 7.77. The highest BCUT2D eigenvalue weighted by Gasteiger charge is 2.89. The molecule has 0 saturated carbocycles. The van der Waals surface area contributed by atoms with Crippen molar-refractivity contribution in [3.05, 3.63) is 60.2 Å². The average Bonchev–Trinajstić information content (AvgIpc) is 3.33. The summed E-state index contributed by atoms with van der Waals surface area (Å²) in [5.74, 6) is -1.69. The molecule has 15 nitrogen and oxygen atoms in total. The number of amides is 4. The van der Waals surface area contributed by atoms with Gasteiger partial charge in [-0.05, 0) is 49.2 Å². The maximum absolute atomic E-state index is 14.3. The highest BCUT2D eigenvalue weighted by Crippen LogP contribution is 2.56. The van der Waals surface area contributed by atoms with Crippen molar-refractivity contribution in [3.8, 4) is 0 Å². The van der Waals surface area contributed by atoms with Crippen molar-refractivity contribution in [2.45, 2.75) is 38.3 Å². The first kappa shape index (κ1) is 28.2. The van der Waals surface area contributed by atoms with Crippen molar-refractivity contribution in [3.63, 3.8) is 0 Å². The van der Waals surface area contributed by atoms with Gasteiger partial charge in [0.25, 0.3) is 11.3 Å². The smallest absolute Gasteiger partial charge is 0.359 e. The van der Waals surface area contributed by atoms with E-state index in [0.29, 0.717) is 13.1 Å². The normalized spacial score (nSPS) is 25.2. The molecule has 4 fully saturated rings. The zero-order valence-corrected chi connectivity index (χ0v) is 22.8. The molecule has 0 bridgehead atoms. The van der Waals surface area contributed by atoms with Crippen molar-refractivity contribution in [1.82, 2.24) is 39.4 Å². The van der Waals surface area contributed by atoms with Gasteiger partial charge in [-0.3, -0.25) is 39.4 Å². The lowest BCUT2D eigenvalue weighted by Gasteiger charge is -2.51. The van der Waals surface area contributed by atoms with Crippen LogP contribution in [0.2, 0.25) is 0 Å². The molecule has 4 saturated heterocycles. The summed E-state index contributed by atoms with van der Waals surface area (Å²) < 4.78 is 11.0. The van der Waals surface area contributed by atoms with Crippen LogP contribution in [-0.2, 0) is 32.2 Å². The fraction of sp³-hybridized carbons (Fsp3) is 0.462. The lowest BCUT2D eigenvalue weighted by atomic mass is 9.89. The molecule has 41 heavy (non-hydrogen) atoms. The van der Waals surface area contributed by atoms with E-state index >= 15 is 0 Å². The SMILES string of the molecule is CCOC(=O)C12N3CN(Cc4ccncc4)CN1C(=O)N1CN(Cc4ccncc4)CN(C3=O)C12C(=O)OCC.O. The average molecular weight is 569 g/mol. The summed E-state index contributed by atoms with van der Waals surface area (Å²) in [6.07, 6.45) is 6.65. The quantitative estimate of drug-likeness (QED) is 0.390. The van der Waals surface area contributed by atoms with E-state index in [1.54, 1.807) is 38.6 Å². The number of aromatic nitrogens is 2. The van der Waals surface area contributed by atoms with Crippen molar-refractivity contribution in [2.75, 3.05) is 39.9 Å². The maximum Gasteiger partial charge on any atom is 0.359 e. The van der Waals surface area contributed by atoms with E-state index in [9.17, 15) is 19.2 Å². The molecule has 6 heterocycles. The van der Waals surface area contributed by atoms with Crippen LogP contribution < -0.4 is 0 Å². The van der Waals surface area contributed by atoms with Gasteiger partial charge in [-0.1, -0.05) is 0 Å². The van der Waals surface area contributed by atoms with Crippen LogP contribution in [0.25, 0.3) is 0 Å². The van der Waals surface area contributed by atoms with Crippen molar-refractivity contribution < 1.29 is 34.1 Å². The van der Waals surface area contributed by atoms with Gasteiger partial charge in [-0.2, -0.15) is 0 Å². The maximum atomic E-state index is 14.3. The molecule has 0 radical (unpaired) electrons. The second-order valence-electron chi connectivity index (χ2n) is 10.00. The number of esters is 2. The highest BCUT2D eigenvalue weighted by atomic mass is 16.6. The number of ether oxygens (including phenoxy) is 2. The van der Waals surface area contributed by atoms with Crippen LogP contribution in [0.4, 0.5) is 9.59 Å². The number of carbonyl (C=O) groups excluding carboxylic acids is 4. The van der Waals surface area contributed by atoms with Crippen LogP contribution in [0.15, 0.2) is 49.1 Å². The summed E-state index contributed by atoms with van der Waals surface area (Å²) in [4.78, 5) is 73.6. The Hall–Kier alpha value is -4.34. The topological polar surface area (TPSA) is 163 Å². The van der Waals surface area contributed by atoms with Crippen LogP contribution in [0.5, 0.6) is 0 Å². The lowest BCUT2D eigenvalue weighted by molar-refractivity contribution is -0.208. The van der Waals surface area contributed by atoms with Gasteiger partial charge in [0, 0.05) is 37.9 Å². The van der Waals surface area contributed by atoms with Crippen LogP contribution >= 0.6 is 0 Å². The summed E-state index contributed by atoms with van der Waals surface area (Å²) in [5.41, 5.74) is -2.28. The van der Waals surface area contributed by atoms with E-state index in [1.165, 1.54) is 19.6 Å². The Labute approximate surface area is 236 Å². The molecule has 2 aromatic rings. The molecule has 15 heteroatoms. The number of hydrogen-bond donors (Lipinski definition) is 0. The van der Waals surface area contributed by atoms with Gasteiger partial charge >= 0.3 is 24.0 Å². The Balaban J connectivity index is 0.00000337. The molecule has 0 aromatic carbocycles. The molecule has 2 N–H and O–H groups in total. The molecule has 218 valence electrons. The number of rotatable bonds is 8. The number of pyridine rings is 2. The minimum atomic E-state index is -2.05. The molecule has 4 aliphatic rings. The fourth-order valence-corrected chi connectivity index (χ4v) is 6.31. The molecule has 2 aromatic heterocycles. The van der Waals surface area contributed by atoms with E-state index in [-0.39, 0.29) is 45.4 Å². The summed E-state index contributed by atoms with van der Waals surface area (Å²) in [7, 11) is 0. The van der Waals surface area contributed by atoms with E-state index < -0.39 is 35.3 Å². The van der Waals surface area contributed by atoms with Gasteiger partial charge in [0.1, 0.15) is 0 Å². The Kier molecular flexibility index (Phi) is 7.27. The predicted molar refractivity (Wildman–Crippen MR) is 140 cm³/mol. The zero-order chi connectivity index (χ0) is 28.1. The van der Waals surface area contributed by atoms with Gasteiger partial charge in [0.2, 0.25) is 0 Å². The Morgan fingerprint density at radius 2 is 1.00 bits per heavy atom. The first-order valence-corrected chi connectivity index (χ1v) is 13.1. The van der Waals surface area contributed by atoms with Crippen molar-refractivity contribution >= 4 is 24.0 Å². The molecular formula is C26H32N8O7. The number of nitrogens with zero attached hydrogens (tertiary/aromatic N) is 8. The van der Waals surface area contributed by atoms with Crippen LogP contribution in [0.3, 0.4) is 0 Å². The molecule has 0 atom stereocenters. The molecule has 0 spiro atoms. The van der Waals surface area contributed by atoms with Gasteiger partial charge in [-0.25, -0.2) is 19.2 Å². The van der Waals surface area contributed by atoms with Gasteiger partial charge < -0.3 is 14.9 Å². The minimum Gasteiger partial charge on any atom is -0.463 e. The Morgan fingerprint density at radius 3 is 1.29 bits per heavy atom. The molecular weight excluding hydrogens is 536 g/mol. The third kappa shape index (κ3) is 3.83. The largest absolute Gasteiger partial charge is 0.463 e. The van der Waals surface area contributed by atoms with Crippen molar-refractivity contribution in [2.24, 2.45) is 0 Å². The standard InChI is InChI=1S/C26H30N8O6.H2O/c1-3-39-21(35)25-26(22(36)40-4-2)33-17-30(14-20-7-11-28-12-8-20)18-34(26)24(38)32(25)16-29(15-31(25)23(33)37)13-19-5-9-27-10-6-19;/h5-12H,3-4,13-18H2,1-2H3;1H2. The van der Waals surface area contributed by atoms with E-state index in [0.717, 1.165) is 11.1 Å².